The molecule has 2 N–H and O–H groups in total. The summed E-state index contributed by atoms with van der Waals surface area (Å²) in [6.07, 6.45) is 4.45. The standard InChI is InChI=1S/C10H21N3O/c1-14-12-10-4-8-13(9-5-10)7-3-2-6-11/h2-9,11H2,1H3. The number of hydrogen-bond acceptors (Lipinski definition) is 4. The quantitative estimate of drug-likeness (QED) is 0.527. The Morgan fingerprint density at radius 1 is 1.36 bits per heavy atom. The van der Waals surface area contributed by atoms with Crippen molar-refractivity contribution in [3.8, 4) is 0 Å². The van der Waals surface area contributed by atoms with Gasteiger partial charge in [-0.1, -0.05) is 5.16 Å². The summed E-state index contributed by atoms with van der Waals surface area (Å²) in [5.41, 5.74) is 6.65. The Hall–Kier alpha value is -0.610. The molecule has 1 saturated heterocycles. The predicted octanol–water partition coefficient (Wildman–Crippen LogP) is 0.824. The molecule has 82 valence electrons. The number of piperidine rings is 1. The van der Waals surface area contributed by atoms with Crippen molar-refractivity contribution in [2.75, 3.05) is 33.3 Å². The average molecular weight is 199 g/mol. The Balaban J connectivity index is 2.12. The summed E-state index contributed by atoms with van der Waals surface area (Å²) in [4.78, 5) is 7.24. The third kappa shape index (κ3) is 4.07. The van der Waals surface area contributed by atoms with E-state index in [1.807, 2.05) is 0 Å². The molecule has 0 aromatic carbocycles. The van der Waals surface area contributed by atoms with Crippen LogP contribution in [0.1, 0.15) is 25.7 Å². The van der Waals surface area contributed by atoms with Gasteiger partial charge in [-0.05, 0) is 25.9 Å². The number of hydrogen-bond donors (Lipinski definition) is 1. The van der Waals surface area contributed by atoms with E-state index in [-0.39, 0.29) is 0 Å². The first-order chi connectivity index (χ1) is 6.86. The van der Waals surface area contributed by atoms with Gasteiger partial charge in [0.1, 0.15) is 7.11 Å². The van der Waals surface area contributed by atoms with Crippen molar-refractivity contribution in [1.82, 2.24) is 4.90 Å². The third-order valence-electron chi connectivity index (χ3n) is 2.58. The van der Waals surface area contributed by atoms with Crippen molar-refractivity contribution in [2.45, 2.75) is 25.7 Å². The highest BCUT2D eigenvalue weighted by molar-refractivity contribution is 5.84. The Labute approximate surface area is 86.1 Å². The van der Waals surface area contributed by atoms with Gasteiger partial charge in [-0.25, -0.2) is 0 Å². The summed E-state index contributed by atoms with van der Waals surface area (Å²) >= 11 is 0. The minimum absolute atomic E-state index is 0.810. The van der Waals surface area contributed by atoms with E-state index < -0.39 is 0 Å². The first-order valence-corrected chi connectivity index (χ1v) is 5.38. The zero-order valence-corrected chi connectivity index (χ0v) is 9.04. The van der Waals surface area contributed by atoms with Gasteiger partial charge in [0.2, 0.25) is 0 Å². The molecular weight excluding hydrogens is 178 g/mol. The summed E-state index contributed by atoms with van der Waals surface area (Å²) in [6, 6.07) is 0. The molecule has 1 aliphatic heterocycles. The summed E-state index contributed by atoms with van der Waals surface area (Å²) in [6.45, 7) is 4.22. The molecule has 0 bridgehead atoms. The molecule has 1 heterocycles. The summed E-state index contributed by atoms with van der Waals surface area (Å²) in [7, 11) is 1.61. The summed E-state index contributed by atoms with van der Waals surface area (Å²) in [5, 5.41) is 3.98. The van der Waals surface area contributed by atoms with Gasteiger partial charge >= 0.3 is 0 Å². The predicted molar refractivity (Wildman–Crippen MR) is 58.4 cm³/mol. The number of rotatable bonds is 5. The van der Waals surface area contributed by atoms with E-state index >= 15 is 0 Å². The van der Waals surface area contributed by atoms with Crippen molar-refractivity contribution in [1.29, 1.82) is 0 Å². The Morgan fingerprint density at radius 2 is 2.07 bits per heavy atom. The topological polar surface area (TPSA) is 50.8 Å². The molecule has 0 aromatic heterocycles. The second-order valence-corrected chi connectivity index (χ2v) is 3.68. The van der Waals surface area contributed by atoms with Crippen LogP contribution >= 0.6 is 0 Å². The van der Waals surface area contributed by atoms with Crippen molar-refractivity contribution >= 4 is 5.71 Å². The molecule has 0 radical (unpaired) electrons. The van der Waals surface area contributed by atoms with Crippen LogP contribution in [0.5, 0.6) is 0 Å². The van der Waals surface area contributed by atoms with Crippen molar-refractivity contribution in [3.05, 3.63) is 0 Å². The lowest BCUT2D eigenvalue weighted by Crippen LogP contribution is -2.34. The molecule has 1 fully saturated rings. The highest BCUT2D eigenvalue weighted by atomic mass is 16.6. The maximum absolute atomic E-state index is 5.45. The van der Waals surface area contributed by atoms with Crippen LogP contribution in [0.2, 0.25) is 0 Å². The van der Waals surface area contributed by atoms with E-state index in [1.54, 1.807) is 7.11 Å². The Kier molecular flexibility index (Phi) is 5.56. The maximum Gasteiger partial charge on any atom is 0.106 e. The lowest BCUT2D eigenvalue weighted by atomic mass is 10.1. The Morgan fingerprint density at radius 3 is 2.64 bits per heavy atom. The van der Waals surface area contributed by atoms with Crippen molar-refractivity contribution in [3.63, 3.8) is 0 Å². The van der Waals surface area contributed by atoms with Crippen molar-refractivity contribution < 1.29 is 4.84 Å². The molecule has 0 unspecified atom stereocenters. The smallest absolute Gasteiger partial charge is 0.106 e. The van der Waals surface area contributed by atoms with Crippen LogP contribution in [0, 0.1) is 0 Å². The average Bonchev–Trinajstić information content (AvgIpc) is 2.21. The van der Waals surface area contributed by atoms with Crippen LogP contribution in [0.3, 0.4) is 0 Å². The van der Waals surface area contributed by atoms with Gasteiger partial charge in [0.05, 0.1) is 5.71 Å². The zero-order valence-electron chi connectivity index (χ0n) is 9.04. The SMILES string of the molecule is CON=C1CCN(CCCCN)CC1. The molecule has 4 nitrogen and oxygen atoms in total. The lowest BCUT2D eigenvalue weighted by Gasteiger charge is -2.26. The molecule has 4 heteroatoms. The van der Waals surface area contributed by atoms with Gasteiger partial charge in [0.25, 0.3) is 0 Å². The van der Waals surface area contributed by atoms with Crippen LogP contribution in [-0.2, 0) is 4.84 Å². The van der Waals surface area contributed by atoms with E-state index in [9.17, 15) is 0 Å². The van der Waals surface area contributed by atoms with E-state index in [0.29, 0.717) is 0 Å². The monoisotopic (exact) mass is 199 g/mol. The number of nitrogens with zero attached hydrogens (tertiary/aromatic N) is 2. The van der Waals surface area contributed by atoms with Gasteiger partial charge in [0, 0.05) is 25.9 Å². The molecule has 0 amide bonds. The molecule has 0 spiro atoms. The second kappa shape index (κ2) is 6.79. The van der Waals surface area contributed by atoms with Gasteiger partial charge in [-0.15, -0.1) is 0 Å². The van der Waals surface area contributed by atoms with Gasteiger partial charge in [-0.2, -0.15) is 0 Å². The molecule has 0 saturated carbocycles. The maximum atomic E-state index is 5.45. The molecule has 1 aliphatic rings. The fourth-order valence-corrected chi connectivity index (χ4v) is 1.73. The van der Waals surface area contributed by atoms with E-state index in [2.05, 4.69) is 10.1 Å². The zero-order chi connectivity index (χ0) is 10.2. The third-order valence-corrected chi connectivity index (χ3v) is 2.58. The Bertz CT molecular complexity index is 172. The molecule has 0 aromatic rings. The summed E-state index contributed by atoms with van der Waals surface area (Å²) < 4.78 is 0. The van der Waals surface area contributed by atoms with Crippen LogP contribution in [0.15, 0.2) is 5.16 Å². The van der Waals surface area contributed by atoms with Crippen LogP contribution in [0.25, 0.3) is 0 Å². The van der Waals surface area contributed by atoms with Gasteiger partial charge < -0.3 is 15.5 Å². The highest BCUT2D eigenvalue weighted by Gasteiger charge is 2.14. The second-order valence-electron chi connectivity index (χ2n) is 3.68. The fraction of sp³-hybridized carbons (Fsp3) is 0.900. The number of nitrogens with two attached hydrogens (primary N) is 1. The van der Waals surface area contributed by atoms with Crippen molar-refractivity contribution in [2.24, 2.45) is 10.9 Å². The normalized spacial score (nSPS) is 18.3. The van der Waals surface area contributed by atoms with Crippen LogP contribution in [0.4, 0.5) is 0 Å². The van der Waals surface area contributed by atoms with Gasteiger partial charge in [0.15, 0.2) is 0 Å². The van der Waals surface area contributed by atoms with E-state index in [4.69, 9.17) is 10.6 Å². The number of likely N-dealkylation sites (tertiary alicyclic amines) is 1. The van der Waals surface area contributed by atoms with Gasteiger partial charge in [-0.3, -0.25) is 0 Å². The molecular formula is C10H21N3O. The van der Waals surface area contributed by atoms with Crippen LogP contribution < -0.4 is 5.73 Å². The minimum atomic E-state index is 0.810. The molecule has 0 atom stereocenters. The molecule has 1 rings (SSSR count). The summed E-state index contributed by atoms with van der Waals surface area (Å²) in [5.74, 6) is 0. The minimum Gasteiger partial charge on any atom is -0.399 e. The molecule has 0 aliphatic carbocycles. The number of oxime groups is 1. The fourth-order valence-electron chi connectivity index (χ4n) is 1.73. The van der Waals surface area contributed by atoms with Crippen LogP contribution in [-0.4, -0.2) is 43.9 Å². The van der Waals surface area contributed by atoms with E-state index in [0.717, 1.165) is 38.9 Å². The first kappa shape index (κ1) is 11.5. The highest BCUT2D eigenvalue weighted by Crippen LogP contribution is 2.08. The van der Waals surface area contributed by atoms with E-state index in [1.165, 1.54) is 18.7 Å². The first-order valence-electron chi connectivity index (χ1n) is 5.38. The lowest BCUT2D eigenvalue weighted by molar-refractivity contribution is 0.205. The largest absolute Gasteiger partial charge is 0.399 e. The number of unbranched alkanes of at least 4 members (excludes halogenated alkanes) is 1. The molecule has 14 heavy (non-hydrogen) atoms.